The molecule has 0 aliphatic carbocycles. The Morgan fingerprint density at radius 1 is 1.03 bits per heavy atom. The number of carbonyl (C=O) groups excluding carboxylic acids is 1. The van der Waals surface area contributed by atoms with E-state index in [0.29, 0.717) is 39.1 Å². The van der Waals surface area contributed by atoms with Crippen LogP contribution in [0.4, 0.5) is 5.82 Å². The molecule has 2 N–H and O–H groups in total. The summed E-state index contributed by atoms with van der Waals surface area (Å²) in [5.41, 5.74) is 1.98. The van der Waals surface area contributed by atoms with E-state index in [1.165, 1.54) is 10.6 Å². The Labute approximate surface area is 199 Å². The number of aliphatic hydroxyl groups excluding tert-OH is 1. The predicted octanol–water partition coefficient (Wildman–Crippen LogP) is 4.31. The van der Waals surface area contributed by atoms with Crippen LogP contribution in [0.25, 0.3) is 27.8 Å². The third-order valence-electron chi connectivity index (χ3n) is 5.06. The van der Waals surface area contributed by atoms with Gasteiger partial charge >= 0.3 is 0 Å². The highest BCUT2D eigenvalue weighted by Gasteiger charge is 2.18. The lowest BCUT2D eigenvalue weighted by molar-refractivity contribution is -0.129. The molecule has 0 amide bonds. The number of hydrogen-bond acceptors (Lipinski definition) is 6. The maximum atomic E-state index is 13.0. The van der Waals surface area contributed by atoms with E-state index in [1.54, 1.807) is 42.5 Å². The van der Waals surface area contributed by atoms with E-state index in [9.17, 15) is 14.7 Å². The number of halogens is 2. The number of hydrogen-bond donors (Lipinski definition) is 2. The summed E-state index contributed by atoms with van der Waals surface area (Å²) in [6.07, 6.45) is 0. The number of aliphatic hydroxyl groups is 1. The van der Waals surface area contributed by atoms with Gasteiger partial charge in [0.2, 0.25) is 0 Å². The number of nitrogens with zero attached hydrogens (tertiary/aromatic N) is 2. The number of ether oxygens (including phenoxy) is 1. The number of pyridine rings is 2. The second-order valence-corrected chi connectivity index (χ2v) is 8.00. The molecule has 33 heavy (non-hydrogen) atoms. The van der Waals surface area contributed by atoms with Crippen LogP contribution in [0.1, 0.15) is 0 Å². The first-order valence-corrected chi connectivity index (χ1v) is 10.8. The summed E-state index contributed by atoms with van der Waals surface area (Å²) in [5.74, 6) is 0.359. The lowest BCUT2D eigenvalue weighted by Gasteiger charge is -2.19. The lowest BCUT2D eigenvalue weighted by Crippen LogP contribution is -2.30. The van der Waals surface area contributed by atoms with Crippen molar-refractivity contribution in [3.63, 3.8) is 0 Å². The summed E-state index contributed by atoms with van der Waals surface area (Å²) in [5, 5.41) is 14.3. The van der Waals surface area contributed by atoms with E-state index in [4.69, 9.17) is 27.9 Å². The van der Waals surface area contributed by atoms with Gasteiger partial charge in [-0.3, -0.25) is 14.2 Å². The summed E-state index contributed by atoms with van der Waals surface area (Å²) >= 11 is 12.9. The predicted molar refractivity (Wildman–Crippen MR) is 129 cm³/mol. The third-order valence-corrected chi connectivity index (χ3v) is 5.71. The highest BCUT2D eigenvalue weighted by Crippen LogP contribution is 2.35. The van der Waals surface area contributed by atoms with Crippen LogP contribution in [0.5, 0.6) is 0 Å². The Bertz CT molecular complexity index is 1370. The number of para-hydroxylation sites is 1. The average Bonchev–Trinajstić information content (AvgIpc) is 2.82. The van der Waals surface area contributed by atoms with Gasteiger partial charge in [-0.05, 0) is 35.9 Å². The Kier molecular flexibility index (Phi) is 6.93. The van der Waals surface area contributed by atoms with Gasteiger partial charge in [0.05, 0.1) is 23.4 Å². The molecule has 2 aromatic carbocycles. The zero-order valence-electron chi connectivity index (χ0n) is 17.2. The van der Waals surface area contributed by atoms with Crippen molar-refractivity contribution in [2.24, 2.45) is 0 Å². The van der Waals surface area contributed by atoms with Crippen molar-refractivity contribution < 1.29 is 14.6 Å². The quantitative estimate of drug-likeness (QED) is 0.362. The van der Waals surface area contributed by atoms with Crippen LogP contribution in [0.3, 0.4) is 0 Å². The molecule has 1 unspecified atom stereocenters. The first kappa shape index (κ1) is 22.8. The van der Waals surface area contributed by atoms with Crippen molar-refractivity contribution in [1.82, 2.24) is 9.55 Å². The van der Waals surface area contributed by atoms with Crippen molar-refractivity contribution in [2.45, 2.75) is 6.04 Å². The van der Waals surface area contributed by atoms with E-state index >= 15 is 0 Å². The first-order valence-electron chi connectivity index (χ1n) is 10.0. The monoisotopic (exact) mass is 483 g/mol. The Morgan fingerprint density at radius 3 is 2.45 bits per heavy atom. The molecule has 7 nitrogen and oxygen atoms in total. The SMILES string of the molecule is O=COCC(CO)Nc1cc(-c2ccccc2Cl)c2ccc(=O)n(-c3ccccc3Cl)c2n1. The minimum absolute atomic E-state index is 0.0622. The highest BCUT2D eigenvalue weighted by atomic mass is 35.5. The van der Waals surface area contributed by atoms with E-state index < -0.39 is 6.04 Å². The summed E-state index contributed by atoms with van der Waals surface area (Å²) in [6.45, 7) is -0.0588. The van der Waals surface area contributed by atoms with Gasteiger partial charge in [-0.2, -0.15) is 0 Å². The highest BCUT2D eigenvalue weighted by molar-refractivity contribution is 6.34. The normalized spacial score (nSPS) is 11.8. The molecule has 1 atom stereocenters. The number of carbonyl (C=O) groups is 1. The number of fused-ring (bicyclic) bond motifs is 1. The van der Waals surface area contributed by atoms with E-state index in [-0.39, 0.29) is 18.8 Å². The summed E-state index contributed by atoms with van der Waals surface area (Å²) in [4.78, 5) is 28.2. The molecular weight excluding hydrogens is 465 g/mol. The second kappa shape index (κ2) is 10.0. The smallest absolute Gasteiger partial charge is 0.293 e. The largest absolute Gasteiger partial charge is 0.466 e. The first-order chi connectivity index (χ1) is 16.0. The molecule has 0 radical (unpaired) electrons. The van der Waals surface area contributed by atoms with Crippen molar-refractivity contribution in [3.8, 4) is 16.8 Å². The summed E-state index contributed by atoms with van der Waals surface area (Å²) < 4.78 is 6.21. The molecule has 0 fully saturated rings. The molecule has 9 heteroatoms. The number of benzene rings is 2. The van der Waals surface area contributed by atoms with Gasteiger partial charge in [0.15, 0.2) is 0 Å². The molecule has 0 spiro atoms. The van der Waals surface area contributed by atoms with Crippen LogP contribution >= 0.6 is 23.2 Å². The molecular formula is C24H19Cl2N3O4. The average molecular weight is 484 g/mol. The molecule has 4 rings (SSSR count). The number of anilines is 1. The molecule has 2 heterocycles. The summed E-state index contributed by atoms with van der Waals surface area (Å²) in [7, 11) is 0. The molecule has 2 aromatic heterocycles. The Balaban J connectivity index is 2.01. The minimum Gasteiger partial charge on any atom is -0.466 e. The van der Waals surface area contributed by atoms with Crippen molar-refractivity contribution in [1.29, 1.82) is 0 Å². The zero-order chi connectivity index (χ0) is 23.4. The third kappa shape index (κ3) is 4.71. The van der Waals surface area contributed by atoms with Crippen molar-refractivity contribution in [2.75, 3.05) is 18.5 Å². The zero-order valence-corrected chi connectivity index (χ0v) is 18.8. The molecule has 0 aliphatic heterocycles. The second-order valence-electron chi connectivity index (χ2n) is 7.18. The number of rotatable bonds is 8. The molecule has 4 aromatic rings. The van der Waals surface area contributed by atoms with Crippen molar-refractivity contribution in [3.05, 3.63) is 87.1 Å². The molecule has 0 saturated heterocycles. The number of nitrogens with one attached hydrogen (secondary N) is 1. The van der Waals surface area contributed by atoms with Crippen LogP contribution in [-0.2, 0) is 9.53 Å². The van der Waals surface area contributed by atoms with Crippen LogP contribution in [0.15, 0.2) is 71.5 Å². The van der Waals surface area contributed by atoms with E-state index in [0.717, 1.165) is 11.1 Å². The van der Waals surface area contributed by atoms with Gasteiger partial charge in [0, 0.05) is 22.0 Å². The van der Waals surface area contributed by atoms with Crippen LogP contribution in [0.2, 0.25) is 10.0 Å². The maximum absolute atomic E-state index is 13.0. The van der Waals surface area contributed by atoms with Gasteiger partial charge in [-0.25, -0.2) is 4.98 Å². The molecule has 0 saturated carbocycles. The van der Waals surface area contributed by atoms with Gasteiger partial charge in [0.25, 0.3) is 12.0 Å². The Morgan fingerprint density at radius 2 is 1.76 bits per heavy atom. The van der Waals surface area contributed by atoms with Crippen LogP contribution < -0.4 is 10.9 Å². The van der Waals surface area contributed by atoms with Crippen molar-refractivity contribution >= 4 is 46.5 Å². The summed E-state index contributed by atoms with van der Waals surface area (Å²) in [6, 6.07) is 18.6. The lowest BCUT2D eigenvalue weighted by atomic mass is 10.0. The Hall–Kier alpha value is -3.39. The fourth-order valence-corrected chi connectivity index (χ4v) is 4.01. The van der Waals surface area contributed by atoms with Crippen LogP contribution in [0, 0.1) is 0 Å². The molecule has 0 aliphatic rings. The maximum Gasteiger partial charge on any atom is 0.293 e. The topological polar surface area (TPSA) is 93.5 Å². The van der Waals surface area contributed by atoms with Crippen LogP contribution in [-0.4, -0.2) is 40.4 Å². The van der Waals surface area contributed by atoms with Gasteiger partial charge < -0.3 is 15.2 Å². The van der Waals surface area contributed by atoms with E-state index in [1.807, 2.05) is 18.2 Å². The molecule has 168 valence electrons. The van der Waals surface area contributed by atoms with Gasteiger partial charge in [-0.15, -0.1) is 0 Å². The fraction of sp³-hybridized carbons (Fsp3) is 0.125. The van der Waals surface area contributed by atoms with E-state index in [2.05, 4.69) is 10.3 Å². The fourth-order valence-electron chi connectivity index (χ4n) is 3.56. The number of aromatic nitrogens is 2. The minimum atomic E-state index is -0.608. The standard InChI is InChI=1S/C24H19Cl2N3O4/c25-19-6-2-1-5-16(19)18-11-22(27-15(12-30)13-33-14-31)28-24-17(18)9-10-23(32)29(24)21-8-4-3-7-20(21)26/h1-11,14-15,30H,12-13H2,(H,27,28). The van der Waals surface area contributed by atoms with Gasteiger partial charge in [0.1, 0.15) is 18.1 Å². The van der Waals surface area contributed by atoms with Gasteiger partial charge in [-0.1, -0.05) is 53.5 Å². The molecule has 0 bridgehead atoms.